The zero-order valence-electron chi connectivity index (χ0n) is 17.5. The summed E-state index contributed by atoms with van der Waals surface area (Å²) < 4.78 is 30.5. The van der Waals surface area contributed by atoms with Gasteiger partial charge in [0.2, 0.25) is 0 Å². The van der Waals surface area contributed by atoms with Gasteiger partial charge in [-0.1, -0.05) is 0 Å². The molecule has 3 aliphatic rings. The molecule has 2 N–H and O–H groups in total. The Morgan fingerprint density at radius 3 is 2.62 bits per heavy atom. The van der Waals surface area contributed by atoms with Crippen LogP contribution in [-0.2, 0) is 0 Å². The predicted octanol–water partition coefficient (Wildman–Crippen LogP) is 1.89. The average Bonchev–Trinajstić information content (AvgIpc) is 3.53. The maximum Gasteiger partial charge on any atom is 0.155 e. The van der Waals surface area contributed by atoms with Crippen molar-refractivity contribution in [1.82, 2.24) is 19.5 Å². The number of imidazole rings is 1. The Bertz CT molecular complexity index is 1160. The number of benzene rings is 1. The van der Waals surface area contributed by atoms with Gasteiger partial charge in [-0.25, -0.2) is 13.8 Å². The highest BCUT2D eigenvalue weighted by atomic mass is 19.1. The molecule has 0 saturated carbocycles. The third kappa shape index (κ3) is 3.10. The highest BCUT2D eigenvalue weighted by molar-refractivity contribution is 5.52. The molecule has 0 radical (unpaired) electrons. The van der Waals surface area contributed by atoms with E-state index in [0.29, 0.717) is 36.7 Å². The smallest absolute Gasteiger partial charge is 0.155 e. The first-order valence-electron chi connectivity index (χ1n) is 11.1. The second-order valence-electron chi connectivity index (χ2n) is 9.19. The minimum Gasteiger partial charge on any atom is -0.389 e. The van der Waals surface area contributed by atoms with E-state index in [9.17, 15) is 19.0 Å². The zero-order valence-corrected chi connectivity index (χ0v) is 17.5. The molecule has 9 heteroatoms. The first kappa shape index (κ1) is 20.0. The molecule has 3 aliphatic heterocycles. The number of halogens is 2. The van der Waals surface area contributed by atoms with Gasteiger partial charge in [0.05, 0.1) is 24.1 Å². The van der Waals surface area contributed by atoms with E-state index in [1.54, 1.807) is 10.7 Å². The Kier molecular flexibility index (Phi) is 4.67. The molecule has 3 aromatic rings. The molecule has 5 heterocycles. The van der Waals surface area contributed by atoms with E-state index in [1.807, 2.05) is 17.0 Å². The Hall–Kier alpha value is -2.62. The van der Waals surface area contributed by atoms with Gasteiger partial charge in [-0.2, -0.15) is 9.61 Å². The number of aliphatic hydroxyl groups is 2. The fourth-order valence-electron chi connectivity index (χ4n) is 5.84. The number of fused-ring (bicyclic) bond motifs is 2. The van der Waals surface area contributed by atoms with Crippen LogP contribution < -0.4 is 4.90 Å². The third-order valence-corrected chi connectivity index (χ3v) is 7.34. The molecular formula is C23H25F2N5O2. The zero-order chi connectivity index (χ0) is 22.0. The van der Waals surface area contributed by atoms with E-state index in [2.05, 4.69) is 9.88 Å². The maximum absolute atomic E-state index is 14.8. The fourth-order valence-corrected chi connectivity index (χ4v) is 5.84. The Labute approximate surface area is 183 Å². The van der Waals surface area contributed by atoms with Crippen molar-refractivity contribution in [2.24, 2.45) is 0 Å². The van der Waals surface area contributed by atoms with E-state index >= 15 is 0 Å². The summed E-state index contributed by atoms with van der Waals surface area (Å²) in [5.41, 5.74) is 1.89. The molecule has 5 atom stereocenters. The van der Waals surface area contributed by atoms with Gasteiger partial charge < -0.3 is 15.1 Å². The second kappa shape index (κ2) is 7.47. The first-order chi connectivity index (χ1) is 15.5. The van der Waals surface area contributed by atoms with Gasteiger partial charge in [-0.3, -0.25) is 4.90 Å². The maximum atomic E-state index is 14.8. The topological polar surface area (TPSA) is 77.1 Å². The number of aromatic nitrogens is 3. The summed E-state index contributed by atoms with van der Waals surface area (Å²) in [5, 5.41) is 24.8. The molecule has 0 amide bonds. The van der Waals surface area contributed by atoms with Crippen LogP contribution in [0.1, 0.15) is 35.9 Å². The Morgan fingerprint density at radius 1 is 1.00 bits per heavy atom. The lowest BCUT2D eigenvalue weighted by Gasteiger charge is -2.24. The van der Waals surface area contributed by atoms with Crippen molar-refractivity contribution in [3.8, 4) is 0 Å². The van der Waals surface area contributed by atoms with Crippen molar-refractivity contribution < 1.29 is 19.0 Å². The number of rotatable bonds is 3. The lowest BCUT2D eigenvalue weighted by Crippen LogP contribution is -2.26. The van der Waals surface area contributed by atoms with Crippen molar-refractivity contribution in [1.29, 1.82) is 0 Å². The van der Waals surface area contributed by atoms with Gasteiger partial charge in [0, 0.05) is 37.5 Å². The van der Waals surface area contributed by atoms with Gasteiger partial charge in [0.15, 0.2) is 11.5 Å². The summed E-state index contributed by atoms with van der Waals surface area (Å²) in [6, 6.07) is 7.76. The van der Waals surface area contributed by atoms with Crippen molar-refractivity contribution in [2.75, 3.05) is 31.1 Å². The summed E-state index contributed by atoms with van der Waals surface area (Å²) in [7, 11) is 0. The standard InChI is InChI=1S/C23H25F2N5O2/c24-13-3-4-16(25)14(8-13)15-10-28-7-1-2-18(28)23(15)17-5-6-21-26-9-22(30(21)27-17)29-11-19(31)20(32)12-29/h3-6,8-9,15,18-20,23,31-32H,1-2,7,10-12H2/t15?,18?,19-,20-,23+/m1/s1. The van der Waals surface area contributed by atoms with Gasteiger partial charge >= 0.3 is 0 Å². The van der Waals surface area contributed by atoms with Crippen LogP contribution in [0.15, 0.2) is 36.5 Å². The van der Waals surface area contributed by atoms with Crippen LogP contribution in [0.25, 0.3) is 5.65 Å². The van der Waals surface area contributed by atoms with Crippen molar-refractivity contribution in [2.45, 2.75) is 42.9 Å². The summed E-state index contributed by atoms with van der Waals surface area (Å²) in [4.78, 5) is 8.66. The molecule has 2 aromatic heterocycles. The fraction of sp³-hybridized carbons (Fsp3) is 0.478. The van der Waals surface area contributed by atoms with Crippen LogP contribution in [-0.4, -0.2) is 74.1 Å². The average molecular weight is 441 g/mol. The molecule has 0 bridgehead atoms. The second-order valence-corrected chi connectivity index (χ2v) is 9.19. The molecule has 3 saturated heterocycles. The minimum absolute atomic E-state index is 0.0665. The molecule has 3 fully saturated rings. The van der Waals surface area contributed by atoms with Crippen LogP contribution in [0.4, 0.5) is 14.6 Å². The number of anilines is 1. The van der Waals surface area contributed by atoms with Crippen molar-refractivity contribution >= 4 is 11.5 Å². The number of nitrogens with zero attached hydrogens (tertiary/aromatic N) is 5. The lowest BCUT2D eigenvalue weighted by molar-refractivity contribution is 0.0572. The van der Waals surface area contributed by atoms with Gasteiger partial charge in [-0.15, -0.1) is 0 Å². The molecular weight excluding hydrogens is 416 g/mol. The summed E-state index contributed by atoms with van der Waals surface area (Å²) in [5.74, 6) is -0.371. The molecule has 1 aromatic carbocycles. The van der Waals surface area contributed by atoms with E-state index in [4.69, 9.17) is 5.10 Å². The first-order valence-corrected chi connectivity index (χ1v) is 11.1. The molecule has 0 spiro atoms. The quantitative estimate of drug-likeness (QED) is 0.647. The van der Waals surface area contributed by atoms with Gasteiger partial charge in [0.1, 0.15) is 11.6 Å². The normalized spacial score (nSPS) is 30.5. The number of aliphatic hydroxyl groups excluding tert-OH is 2. The van der Waals surface area contributed by atoms with E-state index in [1.165, 1.54) is 12.1 Å². The molecule has 32 heavy (non-hydrogen) atoms. The van der Waals surface area contributed by atoms with Crippen LogP contribution in [0.5, 0.6) is 0 Å². The third-order valence-electron chi connectivity index (χ3n) is 7.34. The van der Waals surface area contributed by atoms with Crippen LogP contribution in [0, 0.1) is 11.6 Å². The van der Waals surface area contributed by atoms with Crippen molar-refractivity contribution in [3.63, 3.8) is 0 Å². The largest absolute Gasteiger partial charge is 0.389 e. The molecule has 2 unspecified atom stereocenters. The van der Waals surface area contributed by atoms with E-state index in [0.717, 1.165) is 31.1 Å². The molecule has 168 valence electrons. The number of hydrogen-bond donors (Lipinski definition) is 2. The SMILES string of the molecule is O[C@@H]1CN(c2cnc3ccc([C@@H]4C(c5cc(F)ccc5F)CN5CCCC45)nn23)C[C@H]1O. The van der Waals surface area contributed by atoms with Crippen molar-refractivity contribution in [3.05, 3.63) is 59.4 Å². The highest BCUT2D eigenvalue weighted by Gasteiger charge is 2.47. The monoisotopic (exact) mass is 441 g/mol. The van der Waals surface area contributed by atoms with Crippen LogP contribution >= 0.6 is 0 Å². The van der Waals surface area contributed by atoms with Crippen LogP contribution in [0.3, 0.4) is 0 Å². The molecule has 7 nitrogen and oxygen atoms in total. The summed E-state index contributed by atoms with van der Waals surface area (Å²) in [6.45, 7) is 2.24. The summed E-state index contributed by atoms with van der Waals surface area (Å²) in [6.07, 6.45) is 2.15. The Morgan fingerprint density at radius 2 is 1.81 bits per heavy atom. The lowest BCUT2D eigenvalue weighted by atomic mass is 9.81. The number of hydrogen-bond acceptors (Lipinski definition) is 6. The van der Waals surface area contributed by atoms with Gasteiger partial charge in [-0.05, 0) is 55.3 Å². The number of β-amino-alcohol motifs (C(OH)–C–C–N with tert-alkyl or cyclic N) is 2. The molecule has 0 aliphatic carbocycles. The summed E-state index contributed by atoms with van der Waals surface area (Å²) >= 11 is 0. The Balaban J connectivity index is 1.43. The van der Waals surface area contributed by atoms with Gasteiger partial charge in [0.25, 0.3) is 0 Å². The minimum atomic E-state index is -0.814. The molecule has 6 rings (SSSR count). The van der Waals surface area contributed by atoms with E-state index in [-0.39, 0.29) is 23.7 Å². The van der Waals surface area contributed by atoms with Crippen LogP contribution in [0.2, 0.25) is 0 Å². The predicted molar refractivity (Wildman–Crippen MR) is 114 cm³/mol. The van der Waals surface area contributed by atoms with E-state index < -0.39 is 18.0 Å². The highest BCUT2D eigenvalue weighted by Crippen LogP contribution is 2.48.